The molecule has 1 atom stereocenters. The molecule has 0 fully saturated rings. The minimum Gasteiger partial charge on any atom is -0.480 e. The van der Waals surface area contributed by atoms with Gasteiger partial charge in [-0.25, -0.2) is 4.79 Å². The first kappa shape index (κ1) is 8.67. The van der Waals surface area contributed by atoms with Gasteiger partial charge in [-0.15, -0.1) is 10.1 Å². The second-order valence-corrected chi connectivity index (χ2v) is 1.56. The van der Waals surface area contributed by atoms with Crippen LogP contribution in [0.3, 0.4) is 0 Å². The highest BCUT2D eigenvalue weighted by Gasteiger charge is 2.18. The zero-order valence-electron chi connectivity index (χ0n) is 5.31. The van der Waals surface area contributed by atoms with E-state index in [1.165, 1.54) is 6.92 Å². The molecule has 0 heterocycles. The summed E-state index contributed by atoms with van der Waals surface area (Å²) in [7, 11) is 0. The standard InChI is InChI=1S/C4H7NO5/c1-2-3(4(6)7)10-5(8)9/h3H,2H2,1H3,(H,6,7). The maximum Gasteiger partial charge on any atom is 0.332 e. The maximum absolute atomic E-state index is 10.0. The van der Waals surface area contributed by atoms with E-state index in [1.54, 1.807) is 0 Å². The Hall–Kier alpha value is -1.33. The van der Waals surface area contributed by atoms with Crippen molar-refractivity contribution in [3.8, 4) is 0 Å². The monoisotopic (exact) mass is 149 g/mol. The third-order valence-corrected chi connectivity index (χ3v) is 0.860. The summed E-state index contributed by atoms with van der Waals surface area (Å²) in [6.45, 7) is 1.49. The van der Waals surface area contributed by atoms with Crippen molar-refractivity contribution in [3.05, 3.63) is 10.1 Å². The predicted octanol–water partition coefficient (Wildman–Crippen LogP) is 0.0579. The molecule has 0 aliphatic heterocycles. The Morgan fingerprint density at radius 3 is 2.50 bits per heavy atom. The Morgan fingerprint density at radius 1 is 1.90 bits per heavy atom. The van der Waals surface area contributed by atoms with Gasteiger partial charge in [0.05, 0.1) is 0 Å². The van der Waals surface area contributed by atoms with E-state index >= 15 is 0 Å². The predicted molar refractivity (Wildman–Crippen MR) is 29.8 cm³/mol. The molecule has 6 heteroatoms. The van der Waals surface area contributed by atoms with E-state index in [1.807, 2.05) is 0 Å². The van der Waals surface area contributed by atoms with Gasteiger partial charge in [-0.1, -0.05) is 6.92 Å². The lowest BCUT2D eigenvalue weighted by atomic mass is 10.3. The number of aliphatic carboxylic acids is 1. The van der Waals surface area contributed by atoms with E-state index in [9.17, 15) is 14.9 Å². The zero-order chi connectivity index (χ0) is 8.15. The molecular weight excluding hydrogens is 142 g/mol. The largest absolute Gasteiger partial charge is 0.480 e. The molecule has 0 rings (SSSR count). The first-order valence-corrected chi connectivity index (χ1v) is 2.62. The maximum atomic E-state index is 10.0. The molecule has 10 heavy (non-hydrogen) atoms. The van der Waals surface area contributed by atoms with Crippen LogP contribution in [0.5, 0.6) is 0 Å². The van der Waals surface area contributed by atoms with Gasteiger partial charge < -0.3 is 5.11 Å². The second-order valence-electron chi connectivity index (χ2n) is 1.56. The molecule has 1 unspecified atom stereocenters. The van der Waals surface area contributed by atoms with Gasteiger partial charge in [0.1, 0.15) is 0 Å². The molecule has 0 aromatic heterocycles. The van der Waals surface area contributed by atoms with E-state index < -0.39 is 17.2 Å². The van der Waals surface area contributed by atoms with Crippen LogP contribution in [0, 0.1) is 10.1 Å². The highest BCUT2D eigenvalue weighted by atomic mass is 17.0. The van der Waals surface area contributed by atoms with Gasteiger partial charge in [0.25, 0.3) is 5.09 Å². The molecule has 0 aliphatic carbocycles. The van der Waals surface area contributed by atoms with Crippen LogP contribution < -0.4 is 0 Å². The number of carbonyl (C=O) groups is 1. The van der Waals surface area contributed by atoms with Gasteiger partial charge in [-0.2, -0.15) is 0 Å². The topological polar surface area (TPSA) is 89.7 Å². The highest BCUT2D eigenvalue weighted by molar-refractivity contribution is 5.71. The van der Waals surface area contributed by atoms with Crippen molar-refractivity contribution in [2.24, 2.45) is 0 Å². The van der Waals surface area contributed by atoms with E-state index in [-0.39, 0.29) is 6.42 Å². The highest BCUT2D eigenvalue weighted by Crippen LogP contribution is 1.96. The lowest BCUT2D eigenvalue weighted by Crippen LogP contribution is -2.25. The van der Waals surface area contributed by atoms with Crippen LogP contribution in [0.25, 0.3) is 0 Å². The molecule has 0 spiro atoms. The summed E-state index contributed by atoms with van der Waals surface area (Å²) in [6.07, 6.45) is -1.26. The van der Waals surface area contributed by atoms with Crippen LogP contribution in [-0.2, 0) is 9.63 Å². The average Bonchev–Trinajstić information content (AvgIpc) is 1.81. The van der Waals surface area contributed by atoms with Gasteiger partial charge in [0.15, 0.2) is 0 Å². The molecule has 0 saturated heterocycles. The third kappa shape index (κ3) is 2.85. The van der Waals surface area contributed by atoms with Crippen LogP contribution >= 0.6 is 0 Å². The normalized spacial score (nSPS) is 12.1. The first-order chi connectivity index (χ1) is 4.57. The lowest BCUT2D eigenvalue weighted by molar-refractivity contribution is -0.765. The number of hydrogen-bond acceptors (Lipinski definition) is 4. The molecule has 0 saturated carbocycles. The quantitative estimate of drug-likeness (QED) is 0.450. The average molecular weight is 149 g/mol. The van der Waals surface area contributed by atoms with Gasteiger partial charge in [0.2, 0.25) is 6.10 Å². The summed E-state index contributed by atoms with van der Waals surface area (Å²) in [4.78, 5) is 23.4. The molecule has 0 bridgehead atoms. The summed E-state index contributed by atoms with van der Waals surface area (Å²) in [5.41, 5.74) is 0. The van der Waals surface area contributed by atoms with Gasteiger partial charge in [0, 0.05) is 0 Å². The molecular formula is C4H7NO5. The molecule has 0 aliphatic rings. The number of rotatable bonds is 4. The molecule has 58 valence electrons. The molecule has 0 aromatic carbocycles. The van der Waals surface area contributed by atoms with Crippen molar-refractivity contribution in [3.63, 3.8) is 0 Å². The van der Waals surface area contributed by atoms with Crippen molar-refractivity contribution < 1.29 is 19.8 Å². The summed E-state index contributed by atoms with van der Waals surface area (Å²) in [5.74, 6) is -1.32. The van der Waals surface area contributed by atoms with Gasteiger partial charge in [-0.3, -0.25) is 4.84 Å². The Bertz CT molecular complexity index is 145. The molecule has 0 aromatic rings. The Labute approximate surface area is 56.5 Å². The first-order valence-electron chi connectivity index (χ1n) is 2.62. The summed E-state index contributed by atoms with van der Waals surface area (Å²) >= 11 is 0. The van der Waals surface area contributed by atoms with Crippen LogP contribution in [0.1, 0.15) is 13.3 Å². The Kier molecular flexibility index (Phi) is 3.16. The summed E-state index contributed by atoms with van der Waals surface area (Å²) in [6, 6.07) is 0. The van der Waals surface area contributed by atoms with Crippen LogP contribution in [-0.4, -0.2) is 22.3 Å². The van der Waals surface area contributed by atoms with Gasteiger partial charge >= 0.3 is 5.97 Å². The number of nitrogens with zero attached hydrogens (tertiary/aromatic N) is 1. The minimum atomic E-state index is -1.34. The minimum absolute atomic E-state index is 0.0797. The van der Waals surface area contributed by atoms with Crippen molar-refractivity contribution in [1.82, 2.24) is 0 Å². The molecule has 1 N–H and O–H groups in total. The molecule has 0 radical (unpaired) electrons. The Balaban J connectivity index is 3.83. The number of hydrogen-bond donors (Lipinski definition) is 1. The molecule has 0 amide bonds. The van der Waals surface area contributed by atoms with Crippen LogP contribution in [0.2, 0.25) is 0 Å². The fraction of sp³-hybridized carbons (Fsp3) is 0.750. The van der Waals surface area contributed by atoms with Crippen molar-refractivity contribution in [2.45, 2.75) is 19.4 Å². The fourth-order valence-corrected chi connectivity index (χ4v) is 0.398. The second kappa shape index (κ2) is 3.65. The smallest absolute Gasteiger partial charge is 0.332 e. The molecule has 6 nitrogen and oxygen atoms in total. The Morgan fingerprint density at radius 2 is 2.40 bits per heavy atom. The number of carboxylic acids is 1. The van der Waals surface area contributed by atoms with Gasteiger partial charge in [-0.05, 0) is 6.42 Å². The lowest BCUT2D eigenvalue weighted by Gasteiger charge is -2.04. The summed E-state index contributed by atoms with van der Waals surface area (Å²) < 4.78 is 0. The fourth-order valence-electron chi connectivity index (χ4n) is 0.398. The van der Waals surface area contributed by atoms with Crippen molar-refractivity contribution in [1.29, 1.82) is 0 Å². The summed E-state index contributed by atoms with van der Waals surface area (Å²) in [5, 5.41) is 16.7. The van der Waals surface area contributed by atoms with Crippen LogP contribution in [0.15, 0.2) is 0 Å². The van der Waals surface area contributed by atoms with Crippen molar-refractivity contribution >= 4 is 5.97 Å². The van der Waals surface area contributed by atoms with Crippen LogP contribution in [0.4, 0.5) is 0 Å². The number of carboxylic acid groups (broad SMARTS) is 1. The third-order valence-electron chi connectivity index (χ3n) is 0.860. The zero-order valence-corrected chi connectivity index (χ0v) is 5.31. The van der Waals surface area contributed by atoms with E-state index in [0.717, 1.165) is 0 Å². The van der Waals surface area contributed by atoms with E-state index in [2.05, 4.69) is 4.84 Å². The van der Waals surface area contributed by atoms with Crippen molar-refractivity contribution in [2.75, 3.05) is 0 Å². The van der Waals surface area contributed by atoms with E-state index in [4.69, 9.17) is 5.11 Å². The van der Waals surface area contributed by atoms with E-state index in [0.29, 0.717) is 0 Å². The SMILES string of the molecule is CCC(O[N+](=O)[O-])C(=O)O.